The number of fused-ring (bicyclic) bond motifs is 3. The van der Waals surface area contributed by atoms with Gasteiger partial charge >= 0.3 is 0 Å². The second-order valence-electron chi connectivity index (χ2n) is 14.8. The first-order valence-corrected chi connectivity index (χ1v) is 23.0. The summed E-state index contributed by atoms with van der Waals surface area (Å²) in [7, 11) is -4.64. The Morgan fingerprint density at radius 1 is 0.489 bits per heavy atom. The maximum atomic E-state index is 9.10. The lowest BCUT2D eigenvalue weighted by molar-refractivity contribution is 0.660. The first-order chi connectivity index (χ1) is 25.7. The topological polar surface area (TPSA) is 38.7 Å². The van der Waals surface area contributed by atoms with E-state index in [1.54, 1.807) is 0 Å². The minimum atomic E-state index is -2.32. The van der Waals surface area contributed by atoms with Crippen LogP contribution in [0.1, 0.15) is 35.9 Å². The van der Waals surface area contributed by atoms with Crippen molar-refractivity contribution >= 4 is 26.5 Å². The Kier molecular flexibility index (Phi) is 5.55. The molecule has 3 nitrogen and oxygen atoms in total. The summed E-state index contributed by atoms with van der Waals surface area (Å²) >= 11 is 0. The monoisotopic (exact) mass is 653 g/mol. The van der Waals surface area contributed by atoms with Gasteiger partial charge in [0, 0.05) is 22.1 Å². The lowest BCUT2D eigenvalue weighted by Gasteiger charge is -2.21. The van der Waals surface area contributed by atoms with Gasteiger partial charge in [0.1, 0.15) is 0 Å². The average Bonchev–Trinajstić information content (AvgIpc) is 3.35. The van der Waals surface area contributed by atoms with Gasteiger partial charge in [0.05, 0.1) is 27.1 Å². The molecule has 0 radical (unpaired) electrons. The van der Waals surface area contributed by atoms with E-state index in [1.807, 2.05) is 63.5 Å². The molecular formula is C42H43N3Si2. The lowest BCUT2D eigenvalue weighted by atomic mass is 9.82. The van der Waals surface area contributed by atoms with Crippen LogP contribution in [0.4, 0.5) is 0 Å². The molecule has 234 valence electrons. The minimum absolute atomic E-state index is 0.119. The molecule has 5 heteroatoms. The van der Waals surface area contributed by atoms with Gasteiger partial charge in [0.15, 0.2) is 17.5 Å². The van der Waals surface area contributed by atoms with Crippen molar-refractivity contribution in [2.75, 3.05) is 0 Å². The molecule has 0 unspecified atom stereocenters. The summed E-state index contributed by atoms with van der Waals surface area (Å²) in [6.07, 6.45) is 0. The van der Waals surface area contributed by atoms with E-state index < -0.39 is 16.1 Å². The Balaban J connectivity index is 1.51. The largest absolute Gasteiger partial charge is 0.208 e. The van der Waals surface area contributed by atoms with Gasteiger partial charge in [-0.25, -0.2) is 15.0 Å². The van der Waals surface area contributed by atoms with Crippen LogP contribution < -0.4 is 10.4 Å². The van der Waals surface area contributed by atoms with Crippen LogP contribution in [0.2, 0.25) is 39.3 Å². The molecule has 0 amide bonds. The highest BCUT2D eigenvalue weighted by atomic mass is 28.3. The molecule has 6 aromatic rings. The Labute approximate surface area is 293 Å². The Morgan fingerprint density at radius 3 is 1.49 bits per heavy atom. The highest BCUT2D eigenvalue weighted by Crippen LogP contribution is 2.52. The number of nitrogens with zero attached hydrogens (tertiary/aromatic N) is 3. The van der Waals surface area contributed by atoms with Crippen molar-refractivity contribution in [3.8, 4) is 56.4 Å². The van der Waals surface area contributed by atoms with Crippen molar-refractivity contribution in [1.82, 2.24) is 15.0 Å². The molecule has 0 spiro atoms. The standard InChI is InChI=1S/C42H43N3Si2/c1-42(2)36-17-10-9-15-35(36)38-34(16-12-18-37(38)42)30-13-11-14-31(27-30)41-44-39(28-19-23-32(24-20-28)46(3,4)5)43-40(45-41)29-21-25-33(26-22-29)47(6,7)8/h9-27H,1-8H3/i19D,20D,21D,22D,23D,24D,25D,26D. The maximum Gasteiger partial charge on any atom is 0.164 e. The minimum Gasteiger partial charge on any atom is -0.208 e. The molecule has 0 aliphatic heterocycles. The van der Waals surface area contributed by atoms with Crippen LogP contribution in [0.25, 0.3) is 56.4 Å². The summed E-state index contributed by atoms with van der Waals surface area (Å²) in [6, 6.07) is 20.7. The third-order valence-corrected chi connectivity index (χ3v) is 12.4. The SMILES string of the molecule is [2H]c1c([2H])c([Si](C)(C)C)c([2H])c([2H])c1-c1nc(-c2cccc(-c3cccc4c3-c3ccccc3C4(C)C)c2)nc(-c2c([2H])c([2H])c([Si](C)(C)C)c([2H])c2[2H])n1. The highest BCUT2D eigenvalue weighted by molar-refractivity contribution is 6.89. The zero-order valence-electron chi connectivity index (χ0n) is 36.2. The second kappa shape index (κ2) is 11.4. The van der Waals surface area contributed by atoms with Crippen LogP contribution in [0.3, 0.4) is 0 Å². The summed E-state index contributed by atoms with van der Waals surface area (Å²) in [5.74, 6) is -0.161. The third kappa shape index (κ3) is 5.72. The van der Waals surface area contributed by atoms with Gasteiger partial charge in [-0.2, -0.15) is 0 Å². The number of aromatic nitrogens is 3. The van der Waals surface area contributed by atoms with E-state index >= 15 is 0 Å². The van der Waals surface area contributed by atoms with E-state index in [-0.39, 0.29) is 82.4 Å². The number of hydrogen-bond acceptors (Lipinski definition) is 3. The van der Waals surface area contributed by atoms with Crippen LogP contribution >= 0.6 is 0 Å². The van der Waals surface area contributed by atoms with Crippen molar-refractivity contribution in [3.63, 3.8) is 0 Å². The molecule has 5 aromatic carbocycles. The first kappa shape index (κ1) is 23.0. The zero-order valence-corrected chi connectivity index (χ0v) is 30.2. The number of benzene rings is 5. The summed E-state index contributed by atoms with van der Waals surface area (Å²) < 4.78 is 72.2. The lowest BCUT2D eigenvalue weighted by Crippen LogP contribution is -2.37. The summed E-state index contributed by atoms with van der Waals surface area (Å²) in [6.45, 7) is 16.3. The normalized spacial score (nSPS) is 16.1. The van der Waals surface area contributed by atoms with Crippen LogP contribution in [0, 0.1) is 0 Å². The van der Waals surface area contributed by atoms with E-state index in [1.165, 1.54) is 16.7 Å². The second-order valence-corrected chi connectivity index (χ2v) is 24.8. The van der Waals surface area contributed by atoms with Gasteiger partial charge in [-0.1, -0.05) is 173 Å². The number of hydrogen-bond donors (Lipinski definition) is 0. The quantitative estimate of drug-likeness (QED) is 0.168. The highest BCUT2D eigenvalue weighted by Gasteiger charge is 2.36. The van der Waals surface area contributed by atoms with E-state index in [4.69, 9.17) is 20.9 Å². The van der Waals surface area contributed by atoms with Crippen LogP contribution in [-0.2, 0) is 5.41 Å². The van der Waals surface area contributed by atoms with E-state index in [2.05, 4.69) is 61.3 Å². The fraction of sp³-hybridized carbons (Fsp3) is 0.214. The van der Waals surface area contributed by atoms with Crippen molar-refractivity contribution in [2.45, 2.75) is 58.5 Å². The molecule has 0 saturated heterocycles. The summed E-state index contributed by atoms with van der Waals surface area (Å²) in [5, 5.41) is 0.797. The first-order valence-electron chi connectivity index (χ1n) is 20.0. The molecule has 0 fully saturated rings. The molecule has 1 aliphatic rings. The molecule has 7 rings (SSSR count). The molecular weight excluding hydrogens is 603 g/mol. The fourth-order valence-corrected chi connectivity index (χ4v) is 7.90. The van der Waals surface area contributed by atoms with Gasteiger partial charge in [-0.05, 0) is 39.4 Å². The Morgan fingerprint density at radius 2 is 0.936 bits per heavy atom. The van der Waals surface area contributed by atoms with Gasteiger partial charge in [-0.3, -0.25) is 0 Å². The maximum absolute atomic E-state index is 9.10. The predicted molar refractivity (Wildman–Crippen MR) is 205 cm³/mol. The van der Waals surface area contributed by atoms with Gasteiger partial charge in [0.25, 0.3) is 0 Å². The van der Waals surface area contributed by atoms with E-state index in [0.29, 0.717) is 15.9 Å². The third-order valence-electron chi connectivity index (χ3n) is 8.87. The van der Waals surface area contributed by atoms with E-state index in [9.17, 15) is 0 Å². The van der Waals surface area contributed by atoms with Crippen molar-refractivity contribution in [2.24, 2.45) is 0 Å². The van der Waals surface area contributed by atoms with Crippen LogP contribution in [-0.4, -0.2) is 31.1 Å². The molecule has 0 bridgehead atoms. The van der Waals surface area contributed by atoms with Gasteiger partial charge in [0.2, 0.25) is 0 Å². The van der Waals surface area contributed by atoms with E-state index in [0.717, 1.165) is 16.7 Å². The smallest absolute Gasteiger partial charge is 0.164 e. The average molecular weight is 654 g/mol. The van der Waals surface area contributed by atoms with Crippen molar-refractivity contribution < 1.29 is 11.0 Å². The summed E-state index contributed by atoms with van der Waals surface area (Å²) in [4.78, 5) is 14.2. The zero-order chi connectivity index (χ0) is 40.1. The Bertz CT molecular complexity index is 2440. The molecule has 47 heavy (non-hydrogen) atoms. The molecule has 1 heterocycles. The molecule has 0 N–H and O–H groups in total. The Hall–Kier alpha value is -4.46. The molecule has 1 aliphatic carbocycles. The molecule has 0 atom stereocenters. The van der Waals surface area contributed by atoms with Crippen LogP contribution in [0.5, 0.6) is 0 Å². The fourth-order valence-electron chi connectivity index (χ4n) is 6.15. The molecule has 1 aromatic heterocycles. The van der Waals surface area contributed by atoms with Crippen molar-refractivity contribution in [1.29, 1.82) is 0 Å². The summed E-state index contributed by atoms with van der Waals surface area (Å²) in [5.41, 5.74) is 6.84. The van der Waals surface area contributed by atoms with Gasteiger partial charge in [-0.15, -0.1) is 0 Å². The van der Waals surface area contributed by atoms with Gasteiger partial charge < -0.3 is 0 Å². The number of rotatable bonds is 6. The molecule has 0 saturated carbocycles. The van der Waals surface area contributed by atoms with Crippen molar-refractivity contribution in [3.05, 3.63) is 126 Å². The predicted octanol–water partition coefficient (Wildman–Crippen LogP) is 9.94. The van der Waals surface area contributed by atoms with Crippen LogP contribution in [0.15, 0.2) is 115 Å².